The third-order valence-corrected chi connectivity index (χ3v) is 4.68. The molecule has 1 fully saturated rings. The van der Waals surface area contributed by atoms with Crippen molar-refractivity contribution in [2.24, 2.45) is 0 Å². The highest BCUT2D eigenvalue weighted by Gasteiger charge is 2.24. The van der Waals surface area contributed by atoms with Gasteiger partial charge in [-0.2, -0.15) is 5.10 Å². The molecule has 1 atom stereocenters. The van der Waals surface area contributed by atoms with Gasteiger partial charge in [-0.3, -0.25) is 10.00 Å². The van der Waals surface area contributed by atoms with E-state index in [1.54, 1.807) is 0 Å². The average molecular weight is 335 g/mol. The Kier molecular flexibility index (Phi) is 5.67. The summed E-state index contributed by atoms with van der Waals surface area (Å²) in [7, 11) is 0. The molecule has 1 aliphatic rings. The van der Waals surface area contributed by atoms with Crippen molar-refractivity contribution in [2.45, 2.75) is 19.5 Å². The van der Waals surface area contributed by atoms with E-state index < -0.39 is 0 Å². The normalized spacial score (nSPS) is 17.3. The maximum absolute atomic E-state index is 6.44. The molecule has 1 aromatic carbocycles. The number of H-pyrrole nitrogens is 1. The van der Waals surface area contributed by atoms with Crippen LogP contribution in [0.5, 0.6) is 0 Å². The van der Waals surface area contributed by atoms with Crippen LogP contribution in [0, 0.1) is 6.92 Å². The van der Waals surface area contributed by atoms with E-state index in [0.717, 1.165) is 50.1 Å². The Labute approximate surface area is 142 Å². The molecule has 5 nitrogen and oxygen atoms in total. The maximum atomic E-state index is 6.44. The Balaban J connectivity index is 1.70. The van der Waals surface area contributed by atoms with Crippen LogP contribution in [0.15, 0.2) is 30.5 Å². The molecule has 1 aliphatic heterocycles. The Morgan fingerprint density at radius 2 is 2.13 bits per heavy atom. The molecule has 2 heterocycles. The highest BCUT2D eigenvalue weighted by molar-refractivity contribution is 6.31. The Morgan fingerprint density at radius 1 is 1.35 bits per heavy atom. The second-order valence-corrected chi connectivity index (χ2v) is 6.24. The Hall–Kier alpha value is -1.40. The molecule has 6 heteroatoms. The van der Waals surface area contributed by atoms with Crippen molar-refractivity contribution in [3.8, 4) is 0 Å². The maximum Gasteiger partial charge on any atom is 0.0594 e. The van der Waals surface area contributed by atoms with E-state index in [1.165, 1.54) is 11.1 Å². The standard InChI is InChI=1S/C17H23ClN4O/c1-13-14(11-20-21-13)10-19-12-17(22-6-8-23-9-7-22)15-4-2-3-5-16(15)18/h2-5,11,17,19H,6-10,12H2,1H3,(H,20,21)/t17-/m1/s1. The molecule has 0 amide bonds. The highest BCUT2D eigenvalue weighted by atomic mass is 35.5. The van der Waals surface area contributed by atoms with Crippen LogP contribution in [0.1, 0.15) is 22.9 Å². The van der Waals surface area contributed by atoms with Crippen molar-refractivity contribution < 1.29 is 4.74 Å². The number of halogens is 1. The van der Waals surface area contributed by atoms with Gasteiger partial charge in [0, 0.05) is 48.5 Å². The minimum absolute atomic E-state index is 0.250. The molecule has 0 spiro atoms. The van der Waals surface area contributed by atoms with Crippen molar-refractivity contribution in [3.63, 3.8) is 0 Å². The fraction of sp³-hybridized carbons (Fsp3) is 0.471. The van der Waals surface area contributed by atoms with Crippen LogP contribution in [0.25, 0.3) is 0 Å². The number of hydrogen-bond donors (Lipinski definition) is 2. The molecule has 124 valence electrons. The lowest BCUT2D eigenvalue weighted by molar-refractivity contribution is 0.0161. The minimum atomic E-state index is 0.250. The molecule has 3 rings (SSSR count). The molecular formula is C17H23ClN4O. The van der Waals surface area contributed by atoms with Crippen LogP contribution in [-0.2, 0) is 11.3 Å². The smallest absolute Gasteiger partial charge is 0.0594 e. The number of aromatic nitrogens is 2. The van der Waals surface area contributed by atoms with Crippen LogP contribution in [-0.4, -0.2) is 47.9 Å². The zero-order chi connectivity index (χ0) is 16.1. The van der Waals surface area contributed by atoms with Crippen LogP contribution >= 0.6 is 11.6 Å². The van der Waals surface area contributed by atoms with E-state index in [1.807, 2.05) is 25.3 Å². The van der Waals surface area contributed by atoms with Gasteiger partial charge >= 0.3 is 0 Å². The van der Waals surface area contributed by atoms with E-state index in [0.29, 0.717) is 0 Å². The van der Waals surface area contributed by atoms with Gasteiger partial charge in [0.2, 0.25) is 0 Å². The molecule has 1 saturated heterocycles. The second kappa shape index (κ2) is 7.93. The van der Waals surface area contributed by atoms with Crippen LogP contribution < -0.4 is 5.32 Å². The molecule has 0 radical (unpaired) electrons. The quantitative estimate of drug-likeness (QED) is 0.852. The second-order valence-electron chi connectivity index (χ2n) is 5.84. The molecule has 0 saturated carbocycles. The molecule has 1 aromatic heterocycles. The number of benzene rings is 1. The summed E-state index contributed by atoms with van der Waals surface area (Å²) >= 11 is 6.44. The zero-order valence-electron chi connectivity index (χ0n) is 13.4. The van der Waals surface area contributed by atoms with Crippen molar-refractivity contribution in [2.75, 3.05) is 32.8 Å². The first-order chi connectivity index (χ1) is 11.3. The summed E-state index contributed by atoms with van der Waals surface area (Å²) in [6.45, 7) is 7.10. The number of hydrogen-bond acceptors (Lipinski definition) is 4. The third-order valence-electron chi connectivity index (χ3n) is 4.34. The van der Waals surface area contributed by atoms with E-state index >= 15 is 0 Å². The van der Waals surface area contributed by atoms with Crippen molar-refractivity contribution in [3.05, 3.63) is 52.3 Å². The Morgan fingerprint density at radius 3 is 2.83 bits per heavy atom. The predicted octanol–water partition coefficient (Wildman–Crippen LogP) is 2.53. The van der Waals surface area contributed by atoms with E-state index in [2.05, 4.69) is 32.5 Å². The van der Waals surface area contributed by atoms with Crippen molar-refractivity contribution in [1.82, 2.24) is 20.4 Å². The average Bonchev–Trinajstić information content (AvgIpc) is 2.99. The fourth-order valence-corrected chi connectivity index (χ4v) is 3.23. The third kappa shape index (κ3) is 4.12. The highest BCUT2D eigenvalue weighted by Crippen LogP contribution is 2.27. The summed E-state index contributed by atoms with van der Waals surface area (Å²) in [5.74, 6) is 0. The molecule has 2 N–H and O–H groups in total. The van der Waals surface area contributed by atoms with Crippen LogP contribution in [0.3, 0.4) is 0 Å². The number of nitrogens with zero attached hydrogens (tertiary/aromatic N) is 2. The van der Waals surface area contributed by atoms with Gasteiger partial charge in [-0.05, 0) is 18.6 Å². The predicted molar refractivity (Wildman–Crippen MR) is 91.6 cm³/mol. The van der Waals surface area contributed by atoms with Gasteiger partial charge < -0.3 is 10.1 Å². The summed E-state index contributed by atoms with van der Waals surface area (Å²) in [6, 6.07) is 8.36. The first-order valence-electron chi connectivity index (χ1n) is 8.01. The lowest BCUT2D eigenvalue weighted by Crippen LogP contribution is -2.42. The molecule has 0 unspecified atom stereocenters. The van der Waals surface area contributed by atoms with E-state index in [4.69, 9.17) is 16.3 Å². The van der Waals surface area contributed by atoms with E-state index in [9.17, 15) is 0 Å². The summed E-state index contributed by atoms with van der Waals surface area (Å²) in [6.07, 6.45) is 1.88. The summed E-state index contributed by atoms with van der Waals surface area (Å²) in [5, 5.41) is 11.4. The van der Waals surface area contributed by atoms with Gasteiger partial charge in [-0.1, -0.05) is 29.8 Å². The van der Waals surface area contributed by atoms with Crippen LogP contribution in [0.4, 0.5) is 0 Å². The van der Waals surface area contributed by atoms with Crippen molar-refractivity contribution in [1.29, 1.82) is 0 Å². The first-order valence-corrected chi connectivity index (χ1v) is 8.39. The monoisotopic (exact) mass is 334 g/mol. The SMILES string of the molecule is Cc1[nH]ncc1CNC[C@H](c1ccccc1Cl)N1CCOCC1. The number of aromatic amines is 1. The van der Waals surface area contributed by atoms with Gasteiger partial charge in [0.05, 0.1) is 19.4 Å². The molecule has 0 bridgehead atoms. The minimum Gasteiger partial charge on any atom is -0.379 e. The molecule has 0 aliphatic carbocycles. The number of ether oxygens (including phenoxy) is 1. The number of aryl methyl sites for hydroxylation is 1. The van der Waals surface area contributed by atoms with Crippen molar-refractivity contribution >= 4 is 11.6 Å². The van der Waals surface area contributed by atoms with Gasteiger partial charge in [0.15, 0.2) is 0 Å². The molecule has 2 aromatic rings. The number of morpholine rings is 1. The summed E-state index contributed by atoms with van der Waals surface area (Å²) < 4.78 is 5.49. The largest absolute Gasteiger partial charge is 0.379 e. The molecule has 23 heavy (non-hydrogen) atoms. The summed E-state index contributed by atoms with van der Waals surface area (Å²) in [4.78, 5) is 2.44. The van der Waals surface area contributed by atoms with Gasteiger partial charge in [0.25, 0.3) is 0 Å². The van der Waals surface area contributed by atoms with Gasteiger partial charge in [-0.25, -0.2) is 0 Å². The van der Waals surface area contributed by atoms with Crippen LogP contribution in [0.2, 0.25) is 5.02 Å². The lowest BCUT2D eigenvalue weighted by atomic mass is 10.0. The van der Waals surface area contributed by atoms with E-state index in [-0.39, 0.29) is 6.04 Å². The molecular weight excluding hydrogens is 312 g/mol. The first kappa shape index (κ1) is 16.5. The Bertz CT molecular complexity index is 625. The zero-order valence-corrected chi connectivity index (χ0v) is 14.1. The van der Waals surface area contributed by atoms with Gasteiger partial charge in [0.1, 0.15) is 0 Å². The lowest BCUT2D eigenvalue weighted by Gasteiger charge is -2.35. The van der Waals surface area contributed by atoms with Gasteiger partial charge in [-0.15, -0.1) is 0 Å². The topological polar surface area (TPSA) is 53.2 Å². The summed E-state index contributed by atoms with van der Waals surface area (Å²) in [5.41, 5.74) is 3.48. The number of nitrogens with one attached hydrogen (secondary N) is 2. The fourth-order valence-electron chi connectivity index (χ4n) is 2.97. The number of rotatable bonds is 6.